The number of aliphatic hydroxyl groups excluding tert-OH is 3. The minimum absolute atomic E-state index is 0.420. The molecule has 3 heterocycles. The lowest BCUT2D eigenvalue weighted by molar-refractivity contribution is -0.0814. The van der Waals surface area contributed by atoms with Gasteiger partial charge in [-0.05, 0) is 12.2 Å². The molecule has 3 rings (SSSR count). The zero-order chi connectivity index (χ0) is 14.4. The van der Waals surface area contributed by atoms with Crippen molar-refractivity contribution in [2.24, 2.45) is 5.73 Å². The van der Waals surface area contributed by atoms with Gasteiger partial charge in [-0.1, -0.05) is 0 Å². The van der Waals surface area contributed by atoms with Gasteiger partial charge in [-0.3, -0.25) is 4.57 Å². The first-order valence-corrected chi connectivity index (χ1v) is 6.99. The molecule has 5 atom stereocenters. The maximum atomic E-state index is 10.1. The van der Waals surface area contributed by atoms with Crippen LogP contribution < -0.4 is 5.73 Å². The minimum Gasteiger partial charge on any atom is -0.387 e. The fourth-order valence-electron chi connectivity index (χ4n) is 2.20. The molecule has 1 aliphatic heterocycles. The van der Waals surface area contributed by atoms with E-state index in [1.165, 1.54) is 22.2 Å². The second-order valence-corrected chi connectivity index (χ2v) is 6.09. The summed E-state index contributed by atoms with van der Waals surface area (Å²) in [6.07, 6.45) is -3.06. The minimum atomic E-state index is -1.40. The van der Waals surface area contributed by atoms with Gasteiger partial charge in [0.15, 0.2) is 15.8 Å². The standard InChI is InChI=1S/C10H12N4O4S2/c11-7(17)6-4(15)5(16)9(18-6)14-8-3(20-10(14)19)1-12-2-13-8/h1-2,4-7,9,15-17H,11H2/t4-,5-,6+,7?,9-/m1/s1. The molecule has 8 nitrogen and oxygen atoms in total. The third-order valence-corrected chi connectivity index (χ3v) is 4.47. The Morgan fingerprint density at radius 3 is 2.85 bits per heavy atom. The summed E-state index contributed by atoms with van der Waals surface area (Å²) in [5.74, 6) is 0. The first-order valence-electron chi connectivity index (χ1n) is 5.77. The molecule has 108 valence electrons. The Labute approximate surface area is 122 Å². The Kier molecular flexibility index (Phi) is 3.54. The van der Waals surface area contributed by atoms with Gasteiger partial charge >= 0.3 is 0 Å². The van der Waals surface area contributed by atoms with Crippen LogP contribution in [0.5, 0.6) is 0 Å². The average Bonchev–Trinajstić information content (AvgIpc) is 2.88. The third kappa shape index (κ3) is 2.05. The number of thiazole rings is 1. The van der Waals surface area contributed by atoms with Crippen LogP contribution in [0, 0.1) is 3.95 Å². The number of nitrogens with zero attached hydrogens (tertiary/aromatic N) is 3. The maximum absolute atomic E-state index is 10.1. The number of nitrogens with two attached hydrogens (primary N) is 1. The van der Waals surface area contributed by atoms with Crippen molar-refractivity contribution in [3.8, 4) is 0 Å². The molecular formula is C10H12N4O4S2. The van der Waals surface area contributed by atoms with Crippen LogP contribution >= 0.6 is 23.6 Å². The van der Waals surface area contributed by atoms with Gasteiger partial charge in [0.05, 0.1) is 4.70 Å². The highest BCUT2D eigenvalue weighted by atomic mass is 32.1. The molecule has 20 heavy (non-hydrogen) atoms. The highest BCUT2D eigenvalue weighted by Gasteiger charge is 2.46. The molecule has 1 aliphatic rings. The van der Waals surface area contributed by atoms with E-state index in [9.17, 15) is 15.3 Å². The van der Waals surface area contributed by atoms with E-state index in [2.05, 4.69) is 9.97 Å². The Balaban J connectivity index is 2.08. The molecule has 1 unspecified atom stereocenters. The molecule has 2 aromatic rings. The summed E-state index contributed by atoms with van der Waals surface area (Å²) >= 11 is 6.50. The lowest BCUT2D eigenvalue weighted by atomic mass is 10.1. The van der Waals surface area contributed by atoms with E-state index in [0.717, 1.165) is 4.70 Å². The fourth-order valence-corrected chi connectivity index (χ4v) is 3.49. The molecule has 0 spiro atoms. The summed E-state index contributed by atoms with van der Waals surface area (Å²) < 4.78 is 8.10. The summed E-state index contributed by atoms with van der Waals surface area (Å²) in [5.41, 5.74) is 5.82. The number of hydrogen-bond donors (Lipinski definition) is 4. The third-order valence-electron chi connectivity index (χ3n) is 3.15. The monoisotopic (exact) mass is 316 g/mol. The Morgan fingerprint density at radius 2 is 2.20 bits per heavy atom. The summed E-state index contributed by atoms with van der Waals surface area (Å²) in [5, 5.41) is 29.3. The number of fused-ring (bicyclic) bond motifs is 1. The zero-order valence-corrected chi connectivity index (χ0v) is 11.7. The lowest BCUT2D eigenvalue weighted by Crippen LogP contribution is -2.43. The highest BCUT2D eigenvalue weighted by molar-refractivity contribution is 7.73. The molecule has 1 saturated heterocycles. The molecule has 10 heteroatoms. The van der Waals surface area contributed by atoms with E-state index < -0.39 is 30.8 Å². The second kappa shape index (κ2) is 5.07. The van der Waals surface area contributed by atoms with Crippen molar-refractivity contribution in [2.45, 2.75) is 30.8 Å². The Hall–Kier alpha value is -1.01. The predicted molar refractivity (Wildman–Crippen MR) is 72.4 cm³/mol. The van der Waals surface area contributed by atoms with Crippen LogP contribution in [0.2, 0.25) is 0 Å². The van der Waals surface area contributed by atoms with E-state index in [1.54, 1.807) is 6.20 Å². The van der Waals surface area contributed by atoms with E-state index in [-0.39, 0.29) is 0 Å². The number of hydrogen-bond acceptors (Lipinski definition) is 9. The molecule has 0 radical (unpaired) electrons. The fraction of sp³-hybridized carbons (Fsp3) is 0.500. The predicted octanol–water partition coefficient (Wildman–Crippen LogP) is -0.881. The van der Waals surface area contributed by atoms with Crippen molar-refractivity contribution in [1.29, 1.82) is 0 Å². The Morgan fingerprint density at radius 1 is 1.45 bits per heavy atom. The largest absolute Gasteiger partial charge is 0.387 e. The van der Waals surface area contributed by atoms with Crippen molar-refractivity contribution in [3.05, 3.63) is 16.5 Å². The number of ether oxygens (including phenoxy) is 1. The van der Waals surface area contributed by atoms with Crippen LogP contribution in [0.25, 0.3) is 10.3 Å². The summed E-state index contributed by atoms with van der Waals surface area (Å²) in [4.78, 5) is 8.00. The second-order valence-electron chi connectivity index (χ2n) is 4.41. The summed E-state index contributed by atoms with van der Waals surface area (Å²) in [6, 6.07) is 0. The van der Waals surface area contributed by atoms with E-state index in [1.807, 2.05) is 0 Å². The first kappa shape index (κ1) is 13.9. The van der Waals surface area contributed by atoms with E-state index >= 15 is 0 Å². The summed E-state index contributed by atoms with van der Waals surface area (Å²) in [7, 11) is 0. The van der Waals surface area contributed by atoms with Crippen LogP contribution in [-0.2, 0) is 4.74 Å². The van der Waals surface area contributed by atoms with Gasteiger partial charge in [0.1, 0.15) is 30.9 Å². The molecule has 0 aliphatic carbocycles. The smallest absolute Gasteiger partial charge is 0.166 e. The van der Waals surface area contributed by atoms with E-state index in [4.69, 9.17) is 22.7 Å². The van der Waals surface area contributed by atoms with Crippen LogP contribution in [0.4, 0.5) is 0 Å². The lowest BCUT2D eigenvalue weighted by Gasteiger charge is -2.17. The van der Waals surface area contributed by atoms with Crippen molar-refractivity contribution >= 4 is 33.9 Å². The SMILES string of the molecule is NC(O)[C@H]1O[C@@H](n2c(=S)sc3cncnc32)[C@H](O)[C@H]1O. The number of aromatic nitrogens is 3. The molecule has 5 N–H and O–H groups in total. The topological polar surface area (TPSA) is 127 Å². The van der Waals surface area contributed by atoms with Gasteiger partial charge in [0.2, 0.25) is 0 Å². The van der Waals surface area contributed by atoms with Crippen molar-refractivity contribution in [2.75, 3.05) is 0 Å². The van der Waals surface area contributed by atoms with Crippen LogP contribution in [0.1, 0.15) is 6.23 Å². The van der Waals surface area contributed by atoms with Crippen LogP contribution in [0.15, 0.2) is 12.5 Å². The van der Waals surface area contributed by atoms with Gasteiger partial charge in [0.25, 0.3) is 0 Å². The zero-order valence-electron chi connectivity index (χ0n) is 10.0. The quantitative estimate of drug-likeness (QED) is 0.415. The number of aliphatic hydroxyl groups is 3. The molecule has 0 amide bonds. The number of rotatable bonds is 2. The van der Waals surface area contributed by atoms with Crippen LogP contribution in [-0.4, -0.2) is 54.4 Å². The van der Waals surface area contributed by atoms with Gasteiger partial charge in [-0.2, -0.15) is 0 Å². The van der Waals surface area contributed by atoms with E-state index in [0.29, 0.717) is 9.60 Å². The first-order chi connectivity index (χ1) is 9.50. The average molecular weight is 316 g/mol. The van der Waals surface area contributed by atoms with Crippen molar-refractivity contribution in [1.82, 2.24) is 14.5 Å². The van der Waals surface area contributed by atoms with Gasteiger partial charge in [0, 0.05) is 6.20 Å². The Bertz CT molecular complexity index is 687. The van der Waals surface area contributed by atoms with Crippen LogP contribution in [0.3, 0.4) is 0 Å². The van der Waals surface area contributed by atoms with Gasteiger partial charge in [-0.25, -0.2) is 9.97 Å². The molecular weight excluding hydrogens is 304 g/mol. The maximum Gasteiger partial charge on any atom is 0.166 e. The normalized spacial score (nSPS) is 31.8. The molecule has 2 aromatic heterocycles. The molecule has 1 fully saturated rings. The highest BCUT2D eigenvalue weighted by Crippen LogP contribution is 2.34. The molecule has 0 aromatic carbocycles. The van der Waals surface area contributed by atoms with Gasteiger partial charge < -0.3 is 25.8 Å². The summed E-state index contributed by atoms with van der Waals surface area (Å²) in [6.45, 7) is 0. The van der Waals surface area contributed by atoms with Gasteiger partial charge in [-0.15, -0.1) is 11.3 Å². The molecule has 0 saturated carbocycles. The molecule has 0 bridgehead atoms. The van der Waals surface area contributed by atoms with Crippen molar-refractivity contribution < 1.29 is 20.1 Å². The van der Waals surface area contributed by atoms with Crippen molar-refractivity contribution in [3.63, 3.8) is 0 Å².